The zero-order valence-electron chi connectivity index (χ0n) is 47.3. The molecule has 72 heavy (non-hydrogen) atoms. The molecular weight excluding hydrogens is 893 g/mol. The van der Waals surface area contributed by atoms with Crippen molar-refractivity contribution in [2.75, 3.05) is 6.54 Å². The van der Waals surface area contributed by atoms with Gasteiger partial charge in [-0.2, -0.15) is 10.2 Å². The highest BCUT2D eigenvalue weighted by atomic mass is 15.2. The van der Waals surface area contributed by atoms with Crippen molar-refractivity contribution in [3.05, 3.63) is 107 Å². The lowest BCUT2D eigenvalue weighted by Crippen LogP contribution is -2.07. The van der Waals surface area contributed by atoms with Gasteiger partial charge >= 0.3 is 0 Å². The lowest BCUT2D eigenvalue weighted by Gasteiger charge is -2.03. The van der Waals surface area contributed by atoms with Gasteiger partial charge in [0, 0.05) is 104 Å². The van der Waals surface area contributed by atoms with Crippen LogP contribution in [0.1, 0.15) is 227 Å². The van der Waals surface area contributed by atoms with Crippen LogP contribution in [0.2, 0.25) is 0 Å². The third kappa shape index (κ3) is 24.3. The number of nitrogens with zero attached hydrogens (tertiary/aromatic N) is 14. The summed E-state index contributed by atoms with van der Waals surface area (Å²) in [4.78, 5) is 52.6. The van der Waals surface area contributed by atoms with E-state index in [2.05, 4.69) is 104 Å². The Labute approximate surface area is 435 Å². The topological polar surface area (TPSA) is 177 Å². The van der Waals surface area contributed by atoms with Gasteiger partial charge < -0.3 is 0 Å². The number of unbranched alkanes of at least 4 members (excludes halogenated alkanes) is 4. The van der Waals surface area contributed by atoms with Crippen molar-refractivity contribution in [3.8, 4) is 0 Å². The molecule has 0 saturated carbocycles. The largest absolute Gasteiger partial charge is 0.265 e. The van der Waals surface area contributed by atoms with Crippen LogP contribution in [0.3, 0.4) is 0 Å². The Hall–Kier alpha value is -6.18. The fourth-order valence-corrected chi connectivity index (χ4v) is 6.62. The molecule has 0 unspecified atom stereocenters. The SMILES string of the molecule is CC.CC.CC.CC.CCCCc1nccc(C2=CCC(C)=N2)n1.CCCCc1nccc(C2=CN=C(C)C2)n1.CCCCc1nccc(C2=NCC(C)=N2)n1.CCCCc1nccc(C2=NN=C(C)C2)n1. The fourth-order valence-electron chi connectivity index (χ4n) is 6.62. The smallest absolute Gasteiger partial charge is 0.174 e. The van der Waals surface area contributed by atoms with Crippen molar-refractivity contribution in [3.63, 3.8) is 0 Å². The quantitative estimate of drug-likeness (QED) is 0.106. The summed E-state index contributed by atoms with van der Waals surface area (Å²) in [5, 5.41) is 8.15. The van der Waals surface area contributed by atoms with Crippen LogP contribution >= 0.6 is 0 Å². The molecule has 0 N–H and O–H groups in total. The second-order valence-corrected chi connectivity index (χ2v) is 16.2. The second kappa shape index (κ2) is 39.4. The minimum absolute atomic E-state index is 0.698. The zero-order chi connectivity index (χ0) is 53.5. The average Bonchev–Trinajstić information content (AvgIpc) is 4.29. The number of aryl methyl sites for hydroxylation is 4. The minimum Gasteiger partial charge on any atom is -0.265 e. The van der Waals surface area contributed by atoms with Gasteiger partial charge in [0.15, 0.2) is 5.84 Å². The molecule has 8 heterocycles. The Morgan fingerprint density at radius 1 is 0.444 bits per heavy atom. The van der Waals surface area contributed by atoms with Crippen LogP contribution < -0.4 is 0 Å². The van der Waals surface area contributed by atoms with E-state index in [1.807, 2.05) is 132 Å². The second-order valence-electron chi connectivity index (χ2n) is 16.2. The van der Waals surface area contributed by atoms with Crippen LogP contribution in [0.5, 0.6) is 0 Å². The van der Waals surface area contributed by atoms with Crippen LogP contribution in [-0.4, -0.2) is 80.8 Å². The number of amidine groups is 1. The Morgan fingerprint density at radius 2 is 0.889 bits per heavy atom. The van der Waals surface area contributed by atoms with Crippen molar-refractivity contribution < 1.29 is 0 Å². The molecule has 4 aromatic heterocycles. The molecule has 0 aliphatic carbocycles. The van der Waals surface area contributed by atoms with E-state index >= 15 is 0 Å². The first kappa shape index (κ1) is 63.8. The van der Waals surface area contributed by atoms with Gasteiger partial charge in [0.05, 0.1) is 35.0 Å². The van der Waals surface area contributed by atoms with Gasteiger partial charge in [-0.15, -0.1) is 0 Å². The maximum absolute atomic E-state index is 4.57. The third-order valence-electron chi connectivity index (χ3n) is 10.3. The van der Waals surface area contributed by atoms with Crippen LogP contribution in [0.25, 0.3) is 11.3 Å². The molecule has 4 aliphatic rings. The predicted molar refractivity (Wildman–Crippen MR) is 308 cm³/mol. The fraction of sp³-hybridized carbons (Fsp3) is 0.552. The van der Waals surface area contributed by atoms with Gasteiger partial charge in [0.2, 0.25) is 0 Å². The Morgan fingerprint density at radius 3 is 1.29 bits per heavy atom. The van der Waals surface area contributed by atoms with Crippen molar-refractivity contribution in [2.45, 2.75) is 207 Å². The number of hydrogen-bond acceptors (Lipinski definition) is 14. The summed E-state index contributed by atoms with van der Waals surface area (Å²) in [6.07, 6.45) is 27.0. The molecule has 0 atom stereocenters. The maximum atomic E-state index is 4.57. The first-order chi connectivity index (χ1) is 35.2. The number of hydrogen-bond donors (Lipinski definition) is 0. The molecule has 14 heteroatoms. The lowest BCUT2D eigenvalue weighted by molar-refractivity contribution is 0.750. The summed E-state index contributed by atoms with van der Waals surface area (Å²) in [5.41, 5.74) is 11.3. The van der Waals surface area contributed by atoms with E-state index in [-0.39, 0.29) is 0 Å². The van der Waals surface area contributed by atoms with E-state index in [0.717, 1.165) is 170 Å². The van der Waals surface area contributed by atoms with E-state index in [1.54, 1.807) is 6.20 Å². The Balaban J connectivity index is 0.000000458. The summed E-state index contributed by atoms with van der Waals surface area (Å²) in [6, 6.07) is 7.68. The standard InChI is InChI=1S/2C13H17N3.2C12H16N4.4C2H6/c1-3-4-5-13-14-7-6-12(16-13)11-8-10(2)15-9-11;1-3-4-5-13-14-9-8-12(16-13)11-7-6-10(2)15-11;1-3-4-5-12-13-7-6-10(14-12)11-8-9(2)15-16-11;1-3-4-5-11-13-7-6-10(16-11)12-14-8-9(2)15-12;4*1-2/h6-7,9H,3-5,8H2,1-2H3;7-9H,3-6H2,1-2H3;2*6-7H,3-5,8H2,1-2H3;4*1-2H3. The van der Waals surface area contributed by atoms with Gasteiger partial charge in [-0.25, -0.2) is 44.9 Å². The molecule has 0 spiro atoms. The maximum Gasteiger partial charge on any atom is 0.174 e. The van der Waals surface area contributed by atoms with Crippen molar-refractivity contribution in [1.82, 2.24) is 39.9 Å². The van der Waals surface area contributed by atoms with Gasteiger partial charge in [-0.3, -0.25) is 15.0 Å². The molecule has 14 nitrogen and oxygen atoms in total. The van der Waals surface area contributed by atoms with Crippen LogP contribution in [0.4, 0.5) is 0 Å². The summed E-state index contributed by atoms with van der Waals surface area (Å²) in [6.45, 7) is 33.4. The third-order valence-corrected chi connectivity index (χ3v) is 10.3. The number of rotatable bonds is 16. The first-order valence-electron chi connectivity index (χ1n) is 27.1. The summed E-state index contributed by atoms with van der Waals surface area (Å²) < 4.78 is 0. The molecule has 0 amide bonds. The van der Waals surface area contributed by atoms with E-state index in [1.165, 1.54) is 18.4 Å². The van der Waals surface area contributed by atoms with Gasteiger partial charge in [0.25, 0.3) is 0 Å². The molecule has 0 fully saturated rings. The van der Waals surface area contributed by atoms with E-state index in [4.69, 9.17) is 0 Å². The molecule has 0 bridgehead atoms. The summed E-state index contributed by atoms with van der Waals surface area (Å²) in [7, 11) is 0. The van der Waals surface area contributed by atoms with Crippen LogP contribution in [0, 0.1) is 0 Å². The highest BCUT2D eigenvalue weighted by molar-refractivity contribution is 6.13. The highest BCUT2D eigenvalue weighted by Crippen LogP contribution is 2.22. The van der Waals surface area contributed by atoms with Crippen LogP contribution in [0.15, 0.2) is 91.5 Å². The Kier molecular flexibility index (Phi) is 35.0. The van der Waals surface area contributed by atoms with Gasteiger partial charge in [0.1, 0.15) is 29.0 Å². The molecule has 0 saturated heterocycles. The summed E-state index contributed by atoms with van der Waals surface area (Å²) in [5.74, 6) is 4.43. The van der Waals surface area contributed by atoms with Gasteiger partial charge in [-0.05, 0) is 77.6 Å². The molecular formula is C58H90N14. The number of aromatic nitrogens is 8. The van der Waals surface area contributed by atoms with E-state index < -0.39 is 0 Å². The molecule has 0 radical (unpaired) electrons. The zero-order valence-corrected chi connectivity index (χ0v) is 47.3. The lowest BCUT2D eigenvalue weighted by atomic mass is 10.1. The molecule has 4 aromatic rings. The predicted octanol–water partition coefficient (Wildman–Crippen LogP) is 14.6. The van der Waals surface area contributed by atoms with Crippen molar-refractivity contribution in [2.24, 2.45) is 30.2 Å². The molecule has 392 valence electrons. The highest BCUT2D eigenvalue weighted by Gasteiger charge is 2.14. The Bertz CT molecular complexity index is 2240. The molecule has 8 rings (SSSR count). The van der Waals surface area contributed by atoms with Crippen LogP contribution in [-0.2, 0) is 25.7 Å². The average molecular weight is 983 g/mol. The summed E-state index contributed by atoms with van der Waals surface area (Å²) >= 11 is 0. The first-order valence-corrected chi connectivity index (χ1v) is 27.1. The van der Waals surface area contributed by atoms with E-state index in [9.17, 15) is 0 Å². The van der Waals surface area contributed by atoms with Gasteiger partial charge in [-0.1, -0.05) is 115 Å². The van der Waals surface area contributed by atoms with E-state index in [0.29, 0.717) is 6.54 Å². The van der Waals surface area contributed by atoms with Crippen molar-refractivity contribution in [1.29, 1.82) is 0 Å². The molecule has 4 aliphatic heterocycles. The molecule has 0 aromatic carbocycles. The number of allylic oxidation sites excluding steroid dienone is 2. The monoisotopic (exact) mass is 983 g/mol. The normalized spacial score (nSPS) is 13.6. The van der Waals surface area contributed by atoms with Crippen molar-refractivity contribution >= 4 is 45.7 Å². The minimum atomic E-state index is 0.698. The number of aliphatic imine (C=N–C) groups is 4.